The fourth-order valence-corrected chi connectivity index (χ4v) is 1.47. The topological polar surface area (TPSA) is 145 Å². The molecule has 1 aliphatic heterocycles. The second-order valence-corrected chi connectivity index (χ2v) is 3.45. The maximum Gasteiger partial charge on any atom is 0.234 e. The summed E-state index contributed by atoms with van der Waals surface area (Å²) in [6.45, 7) is -0.735. The van der Waals surface area contributed by atoms with E-state index in [9.17, 15) is 30.0 Å². The molecule has 8 nitrogen and oxygen atoms in total. The average Bonchev–Trinajstić information content (AvgIpc) is 2.29. The van der Waals surface area contributed by atoms with Gasteiger partial charge < -0.3 is 30.3 Å². The molecule has 1 fully saturated rings. The second-order valence-electron chi connectivity index (χ2n) is 3.45. The number of aldehydes is 1. The van der Waals surface area contributed by atoms with Gasteiger partial charge in [0.1, 0.15) is 18.3 Å². The Labute approximate surface area is 89.7 Å². The van der Waals surface area contributed by atoms with E-state index in [2.05, 4.69) is 4.74 Å². The number of carbonyl (C=O) groups excluding carboxylic acids is 2. The zero-order valence-electron chi connectivity index (χ0n) is 8.05. The fraction of sp³-hybridized carbons (Fsp3) is 0.750. The third kappa shape index (κ3) is 1.75. The van der Waals surface area contributed by atoms with Crippen molar-refractivity contribution in [2.45, 2.75) is 30.2 Å². The standard InChI is InChI=1S/C8H12O8/c9-1-3-5(12)6(13)8(15,4(11)2-10)7(14)16-3/h2-3,5-7,9,12-15H,1H2/t3-,5-,6+,7?,8-/m1/s1. The van der Waals surface area contributed by atoms with Gasteiger partial charge in [-0.15, -0.1) is 0 Å². The van der Waals surface area contributed by atoms with Crippen molar-refractivity contribution in [3.05, 3.63) is 0 Å². The first-order chi connectivity index (χ1) is 7.39. The first-order valence-electron chi connectivity index (χ1n) is 4.42. The lowest BCUT2D eigenvalue weighted by molar-refractivity contribution is -0.315. The number of hydrogen-bond donors (Lipinski definition) is 5. The normalized spacial score (nSPS) is 44.1. The van der Waals surface area contributed by atoms with Crippen LogP contribution in [0.5, 0.6) is 0 Å². The number of hydrogen-bond acceptors (Lipinski definition) is 8. The van der Waals surface area contributed by atoms with E-state index in [4.69, 9.17) is 5.11 Å². The molecule has 1 rings (SSSR count). The minimum atomic E-state index is -2.92. The van der Waals surface area contributed by atoms with E-state index in [-0.39, 0.29) is 6.29 Å². The summed E-state index contributed by atoms with van der Waals surface area (Å²) in [6, 6.07) is 0. The number of carbonyl (C=O) groups is 2. The molecule has 0 aromatic carbocycles. The molecule has 5 N–H and O–H groups in total. The van der Waals surface area contributed by atoms with Crippen LogP contribution < -0.4 is 0 Å². The highest BCUT2D eigenvalue weighted by atomic mass is 16.6. The molecule has 1 unspecified atom stereocenters. The highest BCUT2D eigenvalue weighted by molar-refractivity contribution is 6.29. The Kier molecular flexibility index (Phi) is 3.73. The van der Waals surface area contributed by atoms with Gasteiger partial charge in [-0.2, -0.15) is 0 Å². The molecule has 0 saturated carbocycles. The number of ether oxygens (including phenoxy) is 1. The van der Waals surface area contributed by atoms with Crippen LogP contribution >= 0.6 is 0 Å². The SMILES string of the molecule is O=CC(=O)[C@]1(O)C(O)O[C@H](CO)[C@@H](O)[C@@H]1O. The molecule has 0 amide bonds. The van der Waals surface area contributed by atoms with E-state index in [0.29, 0.717) is 0 Å². The van der Waals surface area contributed by atoms with Gasteiger partial charge >= 0.3 is 0 Å². The lowest BCUT2D eigenvalue weighted by Gasteiger charge is -2.43. The van der Waals surface area contributed by atoms with Crippen molar-refractivity contribution in [2.75, 3.05) is 6.61 Å². The molecule has 0 aromatic rings. The minimum absolute atomic E-state index is 0.304. The van der Waals surface area contributed by atoms with E-state index in [1.165, 1.54) is 0 Å². The molecule has 5 atom stereocenters. The molecule has 0 aliphatic carbocycles. The summed E-state index contributed by atoms with van der Waals surface area (Å²) in [7, 11) is 0. The molecule has 92 valence electrons. The molecule has 0 aromatic heterocycles. The maximum absolute atomic E-state index is 11.1. The number of aliphatic hydroxyl groups is 5. The van der Waals surface area contributed by atoms with Crippen LogP contribution in [0.15, 0.2) is 0 Å². The number of rotatable bonds is 3. The summed E-state index contributed by atoms with van der Waals surface area (Å²) in [4.78, 5) is 21.3. The smallest absolute Gasteiger partial charge is 0.234 e. The van der Waals surface area contributed by atoms with Gasteiger partial charge in [-0.1, -0.05) is 0 Å². The Bertz CT molecular complexity index is 292. The quantitative estimate of drug-likeness (QED) is 0.246. The zero-order chi connectivity index (χ0) is 12.5. The van der Waals surface area contributed by atoms with Crippen LogP contribution in [-0.2, 0) is 14.3 Å². The molecule has 16 heavy (non-hydrogen) atoms. The third-order valence-electron chi connectivity index (χ3n) is 2.52. The first-order valence-corrected chi connectivity index (χ1v) is 4.42. The highest BCUT2D eigenvalue weighted by Crippen LogP contribution is 2.29. The van der Waals surface area contributed by atoms with Crippen molar-refractivity contribution in [2.24, 2.45) is 0 Å². The van der Waals surface area contributed by atoms with Gasteiger partial charge in [0.25, 0.3) is 0 Å². The molecule has 0 radical (unpaired) electrons. The van der Waals surface area contributed by atoms with E-state index in [1.54, 1.807) is 0 Å². The maximum atomic E-state index is 11.1. The van der Waals surface area contributed by atoms with Crippen LogP contribution in [0.25, 0.3) is 0 Å². The molecule has 1 saturated heterocycles. The Morgan fingerprint density at radius 1 is 1.38 bits per heavy atom. The summed E-state index contributed by atoms with van der Waals surface area (Å²) < 4.78 is 4.52. The predicted molar refractivity (Wildman–Crippen MR) is 46.0 cm³/mol. The molecule has 8 heteroatoms. The Morgan fingerprint density at radius 3 is 2.38 bits per heavy atom. The summed E-state index contributed by atoms with van der Waals surface area (Å²) in [5.74, 6) is -1.53. The first kappa shape index (κ1) is 13.2. The van der Waals surface area contributed by atoms with Crippen LogP contribution in [0.2, 0.25) is 0 Å². The molecule has 0 spiro atoms. The van der Waals surface area contributed by atoms with Crippen molar-refractivity contribution < 1.29 is 39.9 Å². The van der Waals surface area contributed by atoms with Gasteiger partial charge in [-0.25, -0.2) is 0 Å². The van der Waals surface area contributed by atoms with Crippen LogP contribution in [0.1, 0.15) is 0 Å². The van der Waals surface area contributed by atoms with Crippen molar-refractivity contribution in [3.8, 4) is 0 Å². The van der Waals surface area contributed by atoms with Crippen LogP contribution in [0.4, 0.5) is 0 Å². The lowest BCUT2D eigenvalue weighted by atomic mass is 9.83. The van der Waals surface area contributed by atoms with Crippen LogP contribution in [0.3, 0.4) is 0 Å². The number of ketones is 1. The van der Waals surface area contributed by atoms with E-state index in [0.717, 1.165) is 0 Å². The van der Waals surface area contributed by atoms with Crippen LogP contribution in [-0.4, -0.2) is 74.4 Å². The number of Topliss-reactive ketones (excluding diaryl/α,β-unsaturated/α-hetero) is 1. The highest BCUT2D eigenvalue weighted by Gasteiger charge is 2.58. The summed E-state index contributed by atoms with van der Waals surface area (Å²) in [6.07, 6.45) is -7.80. The molecular formula is C8H12O8. The summed E-state index contributed by atoms with van der Waals surface area (Å²) in [5.41, 5.74) is -2.92. The fourth-order valence-electron chi connectivity index (χ4n) is 1.47. The Hall–Kier alpha value is -0.900. The van der Waals surface area contributed by atoms with Crippen molar-refractivity contribution >= 4 is 12.1 Å². The molecule has 1 aliphatic rings. The van der Waals surface area contributed by atoms with E-state index < -0.39 is 42.6 Å². The predicted octanol–water partition coefficient (Wildman–Crippen LogP) is -4.08. The van der Waals surface area contributed by atoms with E-state index >= 15 is 0 Å². The monoisotopic (exact) mass is 236 g/mol. The van der Waals surface area contributed by atoms with Gasteiger partial charge in [0.2, 0.25) is 11.4 Å². The lowest BCUT2D eigenvalue weighted by Crippen LogP contribution is -2.70. The van der Waals surface area contributed by atoms with Gasteiger partial charge in [-0.3, -0.25) is 9.59 Å². The van der Waals surface area contributed by atoms with Gasteiger partial charge in [-0.05, 0) is 0 Å². The van der Waals surface area contributed by atoms with Crippen molar-refractivity contribution in [1.82, 2.24) is 0 Å². The zero-order valence-corrected chi connectivity index (χ0v) is 8.05. The summed E-state index contributed by atoms with van der Waals surface area (Å²) in [5, 5.41) is 46.4. The average molecular weight is 236 g/mol. The Morgan fingerprint density at radius 2 is 1.94 bits per heavy atom. The number of aliphatic hydroxyl groups excluding tert-OH is 4. The van der Waals surface area contributed by atoms with Crippen molar-refractivity contribution in [3.63, 3.8) is 0 Å². The second kappa shape index (κ2) is 4.53. The molecule has 0 bridgehead atoms. The largest absolute Gasteiger partial charge is 0.394 e. The molecular weight excluding hydrogens is 224 g/mol. The third-order valence-corrected chi connectivity index (χ3v) is 2.52. The van der Waals surface area contributed by atoms with Crippen LogP contribution in [0, 0.1) is 0 Å². The minimum Gasteiger partial charge on any atom is -0.394 e. The van der Waals surface area contributed by atoms with Gasteiger partial charge in [0.15, 0.2) is 12.6 Å². The van der Waals surface area contributed by atoms with Gasteiger partial charge in [0, 0.05) is 0 Å². The Balaban J connectivity index is 3.03. The molecule has 1 heterocycles. The van der Waals surface area contributed by atoms with E-state index in [1.807, 2.05) is 0 Å². The summed E-state index contributed by atoms with van der Waals surface area (Å²) >= 11 is 0. The van der Waals surface area contributed by atoms with Crippen molar-refractivity contribution in [1.29, 1.82) is 0 Å². The van der Waals surface area contributed by atoms with Gasteiger partial charge in [0.05, 0.1) is 6.61 Å².